The van der Waals surface area contributed by atoms with Crippen LogP contribution in [0.15, 0.2) is 18.2 Å². The van der Waals surface area contributed by atoms with E-state index in [2.05, 4.69) is 0 Å². The van der Waals surface area contributed by atoms with Crippen LogP contribution in [0.1, 0.15) is 29.3 Å². The number of amides is 1. The Balaban J connectivity index is 2.24. The Bertz CT molecular complexity index is 459. The molecule has 2 unspecified atom stereocenters. The van der Waals surface area contributed by atoms with E-state index < -0.39 is 0 Å². The third-order valence-corrected chi connectivity index (χ3v) is 3.72. The molecule has 1 fully saturated rings. The van der Waals surface area contributed by atoms with Crippen LogP contribution in [0.5, 0.6) is 5.75 Å². The van der Waals surface area contributed by atoms with Crippen LogP contribution < -0.4 is 5.73 Å². The number of hydrogen-bond acceptors (Lipinski definition) is 3. The summed E-state index contributed by atoms with van der Waals surface area (Å²) in [6.07, 6.45) is 0.939. The van der Waals surface area contributed by atoms with Gasteiger partial charge in [-0.05, 0) is 44.4 Å². The van der Waals surface area contributed by atoms with E-state index in [1.165, 1.54) is 0 Å². The van der Waals surface area contributed by atoms with Crippen LogP contribution in [0.3, 0.4) is 0 Å². The van der Waals surface area contributed by atoms with Crippen LogP contribution in [-0.2, 0) is 0 Å². The fraction of sp³-hybridized carbons (Fsp3) is 0.500. The van der Waals surface area contributed by atoms with Crippen molar-refractivity contribution in [3.8, 4) is 5.75 Å². The van der Waals surface area contributed by atoms with Crippen LogP contribution in [0.2, 0.25) is 0 Å². The normalized spacial score (nSPS) is 23.4. The van der Waals surface area contributed by atoms with Gasteiger partial charge in [0.15, 0.2) is 0 Å². The Hall–Kier alpha value is -1.55. The Labute approximate surface area is 107 Å². The zero-order valence-corrected chi connectivity index (χ0v) is 10.9. The number of phenols is 1. The minimum Gasteiger partial charge on any atom is -0.507 e. The lowest BCUT2D eigenvalue weighted by Crippen LogP contribution is -2.34. The molecular formula is C14H20N2O2. The van der Waals surface area contributed by atoms with Gasteiger partial charge in [-0.15, -0.1) is 0 Å². The van der Waals surface area contributed by atoms with Crippen molar-refractivity contribution in [1.82, 2.24) is 4.90 Å². The first-order chi connectivity index (χ1) is 8.54. The van der Waals surface area contributed by atoms with Crippen molar-refractivity contribution in [3.05, 3.63) is 29.3 Å². The van der Waals surface area contributed by atoms with Gasteiger partial charge < -0.3 is 15.7 Å². The quantitative estimate of drug-likeness (QED) is 0.833. The number of aryl methyl sites for hydroxylation is 1. The molecule has 0 spiro atoms. The van der Waals surface area contributed by atoms with Crippen LogP contribution in [0, 0.1) is 12.8 Å². The number of rotatable bonds is 2. The molecule has 1 aliphatic rings. The molecule has 2 atom stereocenters. The number of benzene rings is 1. The molecule has 0 saturated carbocycles. The first-order valence-electron chi connectivity index (χ1n) is 6.34. The minimum absolute atomic E-state index is 0.0888. The van der Waals surface area contributed by atoms with E-state index in [4.69, 9.17) is 5.73 Å². The molecular weight excluding hydrogens is 228 g/mol. The molecule has 1 aromatic carbocycles. The van der Waals surface area contributed by atoms with Gasteiger partial charge in [0, 0.05) is 12.6 Å². The summed E-state index contributed by atoms with van der Waals surface area (Å²) in [4.78, 5) is 14.2. The summed E-state index contributed by atoms with van der Waals surface area (Å²) in [6, 6.07) is 5.45. The van der Waals surface area contributed by atoms with Gasteiger partial charge >= 0.3 is 0 Å². The second-order valence-corrected chi connectivity index (χ2v) is 5.12. The Morgan fingerprint density at radius 2 is 2.28 bits per heavy atom. The Morgan fingerprint density at radius 3 is 2.89 bits per heavy atom. The summed E-state index contributed by atoms with van der Waals surface area (Å²) in [6.45, 7) is 5.11. The average molecular weight is 248 g/mol. The van der Waals surface area contributed by atoms with Crippen LogP contribution in [-0.4, -0.2) is 35.0 Å². The summed E-state index contributed by atoms with van der Waals surface area (Å²) < 4.78 is 0. The van der Waals surface area contributed by atoms with Gasteiger partial charge in [0.2, 0.25) is 0 Å². The van der Waals surface area contributed by atoms with Crippen molar-refractivity contribution in [1.29, 1.82) is 0 Å². The van der Waals surface area contributed by atoms with E-state index in [1.54, 1.807) is 25.1 Å². The fourth-order valence-electron chi connectivity index (χ4n) is 2.58. The first-order valence-corrected chi connectivity index (χ1v) is 6.34. The molecule has 4 nitrogen and oxygen atoms in total. The summed E-state index contributed by atoms with van der Waals surface area (Å²) in [5.74, 6) is 0.362. The number of carbonyl (C=O) groups excluding carboxylic acids is 1. The van der Waals surface area contributed by atoms with Crippen molar-refractivity contribution >= 4 is 5.91 Å². The zero-order valence-electron chi connectivity index (χ0n) is 10.9. The monoisotopic (exact) mass is 248 g/mol. The summed E-state index contributed by atoms with van der Waals surface area (Å²) in [7, 11) is 0. The number of nitrogens with zero attached hydrogens (tertiary/aromatic N) is 1. The maximum atomic E-state index is 12.4. The minimum atomic E-state index is -0.0975. The van der Waals surface area contributed by atoms with Crippen LogP contribution >= 0.6 is 0 Å². The largest absolute Gasteiger partial charge is 0.507 e. The predicted octanol–water partition coefficient (Wildman–Crippen LogP) is 1.51. The smallest absolute Gasteiger partial charge is 0.257 e. The second-order valence-electron chi connectivity index (χ2n) is 5.12. The SMILES string of the molecule is Cc1cccc(C(=O)N2CC(CN)CC2C)c1O. The van der Waals surface area contributed by atoms with E-state index in [1.807, 2.05) is 11.8 Å². The average Bonchev–Trinajstić information content (AvgIpc) is 2.73. The van der Waals surface area contributed by atoms with Crippen molar-refractivity contribution < 1.29 is 9.90 Å². The number of phenolic OH excluding ortho intramolecular Hbond substituents is 1. The zero-order chi connectivity index (χ0) is 13.3. The van der Waals surface area contributed by atoms with Crippen molar-refractivity contribution in [2.24, 2.45) is 11.7 Å². The summed E-state index contributed by atoms with van der Waals surface area (Å²) >= 11 is 0. The highest BCUT2D eigenvalue weighted by Crippen LogP contribution is 2.28. The summed E-state index contributed by atoms with van der Waals surface area (Å²) in [5.41, 5.74) is 6.78. The molecule has 0 aliphatic carbocycles. The van der Waals surface area contributed by atoms with Gasteiger partial charge in [-0.25, -0.2) is 0 Å². The number of likely N-dealkylation sites (tertiary alicyclic amines) is 1. The number of hydrogen-bond donors (Lipinski definition) is 2. The maximum Gasteiger partial charge on any atom is 0.257 e. The second kappa shape index (κ2) is 4.98. The Kier molecular flexibility index (Phi) is 3.57. The van der Waals surface area contributed by atoms with Gasteiger partial charge in [-0.2, -0.15) is 0 Å². The highest BCUT2D eigenvalue weighted by molar-refractivity contribution is 5.97. The molecule has 1 aromatic rings. The summed E-state index contributed by atoms with van der Waals surface area (Å²) in [5, 5.41) is 9.97. The van der Waals surface area contributed by atoms with Gasteiger partial charge in [0.05, 0.1) is 5.56 Å². The highest BCUT2D eigenvalue weighted by Gasteiger charge is 2.33. The van der Waals surface area contributed by atoms with Crippen LogP contribution in [0.25, 0.3) is 0 Å². The van der Waals surface area contributed by atoms with Gasteiger partial charge in [-0.3, -0.25) is 4.79 Å². The topological polar surface area (TPSA) is 66.6 Å². The molecule has 0 aromatic heterocycles. The van der Waals surface area contributed by atoms with Crippen molar-refractivity contribution in [2.45, 2.75) is 26.3 Å². The lowest BCUT2D eigenvalue weighted by molar-refractivity contribution is 0.0740. The highest BCUT2D eigenvalue weighted by atomic mass is 16.3. The molecule has 1 amide bonds. The van der Waals surface area contributed by atoms with E-state index in [9.17, 15) is 9.90 Å². The van der Waals surface area contributed by atoms with Crippen molar-refractivity contribution in [3.63, 3.8) is 0 Å². The number of nitrogens with two attached hydrogens (primary N) is 1. The molecule has 1 saturated heterocycles. The molecule has 3 N–H and O–H groups in total. The lowest BCUT2D eigenvalue weighted by Gasteiger charge is -2.22. The first kappa shape index (κ1) is 12.9. The number of aromatic hydroxyl groups is 1. The lowest BCUT2D eigenvalue weighted by atomic mass is 10.1. The standard InChI is InChI=1S/C14H20N2O2/c1-9-4-3-5-12(13(9)17)14(18)16-8-11(7-15)6-10(16)2/h3-5,10-11,17H,6-8,15H2,1-2H3. The third-order valence-electron chi connectivity index (χ3n) is 3.72. The molecule has 1 aliphatic heterocycles. The molecule has 4 heteroatoms. The van der Waals surface area contributed by atoms with E-state index in [0.29, 0.717) is 24.6 Å². The number of carbonyl (C=O) groups is 1. The maximum absolute atomic E-state index is 12.4. The van der Waals surface area contributed by atoms with E-state index in [0.717, 1.165) is 12.0 Å². The van der Waals surface area contributed by atoms with E-state index >= 15 is 0 Å². The van der Waals surface area contributed by atoms with Gasteiger partial charge in [-0.1, -0.05) is 12.1 Å². The fourth-order valence-corrected chi connectivity index (χ4v) is 2.58. The molecule has 1 heterocycles. The van der Waals surface area contributed by atoms with Gasteiger partial charge in [0.25, 0.3) is 5.91 Å². The predicted molar refractivity (Wildman–Crippen MR) is 70.5 cm³/mol. The number of para-hydroxylation sites is 1. The molecule has 0 radical (unpaired) electrons. The molecule has 18 heavy (non-hydrogen) atoms. The third kappa shape index (κ3) is 2.20. The van der Waals surface area contributed by atoms with E-state index in [-0.39, 0.29) is 17.7 Å². The van der Waals surface area contributed by atoms with Crippen molar-refractivity contribution in [2.75, 3.05) is 13.1 Å². The Morgan fingerprint density at radius 1 is 1.56 bits per heavy atom. The molecule has 0 bridgehead atoms. The van der Waals surface area contributed by atoms with Gasteiger partial charge in [0.1, 0.15) is 5.75 Å². The van der Waals surface area contributed by atoms with Crippen LogP contribution in [0.4, 0.5) is 0 Å². The molecule has 2 rings (SSSR count). The molecule has 98 valence electrons.